The molecule has 5 nitrogen and oxygen atoms in total. The minimum absolute atomic E-state index is 0.316. The van der Waals surface area contributed by atoms with Gasteiger partial charge in [0.1, 0.15) is 14.4 Å². The van der Waals surface area contributed by atoms with E-state index < -0.39 is 5.91 Å². The molecule has 10 heteroatoms. The number of halogens is 3. The lowest BCUT2D eigenvalue weighted by Gasteiger charge is -2.06. The number of carbonyl (C=O) groups excluding carboxylic acids is 2. The van der Waals surface area contributed by atoms with Gasteiger partial charge in [-0.15, -0.1) is 22.7 Å². The number of hydrogen-bond donors (Lipinski definition) is 2. The summed E-state index contributed by atoms with van der Waals surface area (Å²) in [5.74, 6) is -0.735. The molecule has 2 heterocycles. The maximum Gasteiger partial charge on any atom is 0.269 e. The molecule has 0 aliphatic rings. The van der Waals surface area contributed by atoms with Crippen molar-refractivity contribution in [3.63, 3.8) is 0 Å². The molecule has 2 amide bonds. The molecule has 0 bridgehead atoms. The number of amides is 2. The molecule has 2 aromatic heterocycles. The van der Waals surface area contributed by atoms with Crippen molar-refractivity contribution in [3.05, 3.63) is 36.9 Å². The first-order valence-corrected chi connectivity index (χ1v) is 9.49. The summed E-state index contributed by atoms with van der Waals surface area (Å²) in [7, 11) is 0. The maximum absolute atomic E-state index is 12.4. The number of hydrogen-bond acceptors (Lipinski definition) is 5. The number of nitrogens with zero attached hydrogens (tertiary/aromatic N) is 1. The molecule has 0 unspecified atom stereocenters. The third-order valence-corrected chi connectivity index (χ3v) is 5.86. The van der Waals surface area contributed by atoms with Gasteiger partial charge in [0.05, 0.1) is 5.69 Å². The van der Waals surface area contributed by atoms with Crippen molar-refractivity contribution >= 4 is 80.1 Å². The van der Waals surface area contributed by atoms with Crippen molar-refractivity contribution in [3.8, 4) is 0 Å². The van der Waals surface area contributed by atoms with E-state index in [4.69, 9.17) is 34.8 Å². The van der Waals surface area contributed by atoms with E-state index in [1.54, 1.807) is 17.6 Å². The first-order valence-electron chi connectivity index (χ1n) is 6.66. The molecule has 24 heavy (non-hydrogen) atoms. The van der Waals surface area contributed by atoms with Crippen molar-refractivity contribution in [1.82, 2.24) is 4.98 Å². The van der Waals surface area contributed by atoms with Crippen molar-refractivity contribution in [1.29, 1.82) is 0 Å². The monoisotopic (exact) mass is 423 g/mol. The smallest absolute Gasteiger partial charge is 0.269 e. The number of anilines is 2. The van der Waals surface area contributed by atoms with Crippen LogP contribution in [0.4, 0.5) is 10.8 Å². The van der Waals surface area contributed by atoms with E-state index in [2.05, 4.69) is 15.6 Å². The Balaban J connectivity index is 2.12. The van der Waals surface area contributed by atoms with Crippen LogP contribution in [0.1, 0.15) is 34.3 Å². The SMILES string of the molecule is CC(C)c1cnc(NC(=O)c2sccc2NC(=O)C(Cl)=C(Cl)Cl)s1. The maximum atomic E-state index is 12.4. The fraction of sp³-hybridized carbons (Fsp3) is 0.214. The molecular formula is C14H12Cl3N3O2S2. The largest absolute Gasteiger partial charge is 0.320 e. The van der Waals surface area contributed by atoms with E-state index >= 15 is 0 Å². The van der Waals surface area contributed by atoms with Crippen LogP contribution in [0.15, 0.2) is 27.2 Å². The average molecular weight is 425 g/mol. The van der Waals surface area contributed by atoms with Crippen LogP contribution in [0.25, 0.3) is 0 Å². The van der Waals surface area contributed by atoms with Crippen LogP contribution in [-0.4, -0.2) is 16.8 Å². The second kappa shape index (κ2) is 8.31. The van der Waals surface area contributed by atoms with Crippen LogP contribution >= 0.6 is 57.5 Å². The summed E-state index contributed by atoms with van der Waals surface area (Å²) < 4.78 is -0.348. The summed E-state index contributed by atoms with van der Waals surface area (Å²) >= 11 is 19.2. The predicted molar refractivity (Wildman–Crippen MR) is 102 cm³/mol. The fourth-order valence-corrected chi connectivity index (χ4v) is 3.39. The Morgan fingerprint density at radius 3 is 2.50 bits per heavy atom. The molecule has 2 rings (SSSR count). The molecule has 0 aliphatic carbocycles. The Bertz CT molecular complexity index is 795. The van der Waals surface area contributed by atoms with Gasteiger partial charge in [-0.25, -0.2) is 4.98 Å². The highest BCUT2D eigenvalue weighted by molar-refractivity contribution is 7.16. The summed E-state index contributed by atoms with van der Waals surface area (Å²) in [5, 5.41) is 7.03. The number of nitrogens with one attached hydrogen (secondary N) is 2. The zero-order chi connectivity index (χ0) is 17.9. The van der Waals surface area contributed by atoms with Gasteiger partial charge in [-0.2, -0.15) is 0 Å². The summed E-state index contributed by atoms with van der Waals surface area (Å²) in [6.07, 6.45) is 1.73. The Morgan fingerprint density at radius 2 is 1.92 bits per heavy atom. The molecule has 2 N–H and O–H groups in total. The zero-order valence-corrected chi connectivity index (χ0v) is 16.4. The molecule has 0 fully saturated rings. The van der Waals surface area contributed by atoms with Crippen LogP contribution in [0.2, 0.25) is 0 Å². The average Bonchev–Trinajstić information content (AvgIpc) is 3.15. The third-order valence-electron chi connectivity index (χ3n) is 2.80. The van der Waals surface area contributed by atoms with Crippen molar-refractivity contribution in [2.75, 3.05) is 10.6 Å². The van der Waals surface area contributed by atoms with Crippen LogP contribution in [-0.2, 0) is 4.79 Å². The topological polar surface area (TPSA) is 71.1 Å². The molecule has 0 atom stereocenters. The molecule has 0 saturated heterocycles. The normalized spacial score (nSPS) is 10.6. The predicted octanol–water partition coefficient (Wildman–Crippen LogP) is 5.40. The number of thiophene rings is 1. The quantitative estimate of drug-likeness (QED) is 0.631. The summed E-state index contributed by atoms with van der Waals surface area (Å²) in [6.45, 7) is 4.09. The molecular weight excluding hydrogens is 413 g/mol. The molecule has 0 aliphatic heterocycles. The van der Waals surface area contributed by atoms with Gasteiger partial charge < -0.3 is 5.32 Å². The number of aromatic nitrogens is 1. The second-order valence-electron chi connectivity index (χ2n) is 4.87. The Hall–Kier alpha value is -1.12. The van der Waals surface area contributed by atoms with Gasteiger partial charge in [-0.3, -0.25) is 14.9 Å². The molecule has 0 saturated carbocycles. The summed E-state index contributed by atoms with van der Waals surface area (Å²) in [4.78, 5) is 29.8. The van der Waals surface area contributed by atoms with Crippen molar-refractivity contribution < 1.29 is 9.59 Å². The number of thiazole rings is 1. The Kier molecular flexibility index (Phi) is 6.65. The standard InChI is InChI=1S/C14H12Cl3N3O2S2/c1-6(2)8-5-18-14(24-8)20-13(22)10-7(3-4-23-10)19-12(21)9(15)11(16)17/h3-6H,1-2H3,(H,19,21)(H,18,20,22). The molecule has 2 aromatic rings. The fourth-order valence-electron chi connectivity index (χ4n) is 1.61. The highest BCUT2D eigenvalue weighted by Crippen LogP contribution is 2.28. The van der Waals surface area contributed by atoms with Crippen LogP contribution in [0, 0.1) is 0 Å². The van der Waals surface area contributed by atoms with Crippen molar-refractivity contribution in [2.24, 2.45) is 0 Å². The Labute approximate surface area is 161 Å². The van der Waals surface area contributed by atoms with Gasteiger partial charge in [0.25, 0.3) is 11.8 Å². The number of carbonyl (C=O) groups is 2. The van der Waals surface area contributed by atoms with E-state index in [9.17, 15) is 9.59 Å². The molecule has 0 spiro atoms. The van der Waals surface area contributed by atoms with E-state index in [-0.39, 0.29) is 15.4 Å². The lowest BCUT2D eigenvalue weighted by atomic mass is 10.2. The van der Waals surface area contributed by atoms with Gasteiger partial charge >= 0.3 is 0 Å². The van der Waals surface area contributed by atoms with E-state index in [0.717, 1.165) is 4.88 Å². The number of rotatable bonds is 5. The summed E-state index contributed by atoms with van der Waals surface area (Å²) in [5.41, 5.74) is 0.316. The summed E-state index contributed by atoms with van der Waals surface area (Å²) in [6, 6.07) is 1.59. The van der Waals surface area contributed by atoms with Crippen molar-refractivity contribution in [2.45, 2.75) is 19.8 Å². The van der Waals surface area contributed by atoms with E-state index in [1.165, 1.54) is 22.7 Å². The van der Waals surface area contributed by atoms with Gasteiger partial charge in [0.15, 0.2) is 5.13 Å². The van der Waals surface area contributed by atoms with Crippen LogP contribution in [0.3, 0.4) is 0 Å². The molecule has 0 aromatic carbocycles. The van der Waals surface area contributed by atoms with Gasteiger partial charge in [-0.1, -0.05) is 48.7 Å². The van der Waals surface area contributed by atoms with E-state index in [0.29, 0.717) is 21.6 Å². The minimum Gasteiger partial charge on any atom is -0.320 e. The zero-order valence-electron chi connectivity index (χ0n) is 12.5. The van der Waals surface area contributed by atoms with Gasteiger partial charge in [-0.05, 0) is 17.4 Å². The van der Waals surface area contributed by atoms with Gasteiger partial charge in [0, 0.05) is 11.1 Å². The molecule has 0 radical (unpaired) electrons. The van der Waals surface area contributed by atoms with Gasteiger partial charge in [0.2, 0.25) is 0 Å². The highest BCUT2D eigenvalue weighted by Gasteiger charge is 2.19. The lowest BCUT2D eigenvalue weighted by molar-refractivity contribution is -0.112. The van der Waals surface area contributed by atoms with Crippen LogP contribution < -0.4 is 10.6 Å². The van der Waals surface area contributed by atoms with E-state index in [1.807, 2.05) is 13.8 Å². The lowest BCUT2D eigenvalue weighted by Crippen LogP contribution is -2.16. The minimum atomic E-state index is -0.694. The third kappa shape index (κ3) is 4.70. The molecule has 128 valence electrons. The van der Waals surface area contributed by atoms with Crippen LogP contribution in [0.5, 0.6) is 0 Å². The Morgan fingerprint density at radius 1 is 1.21 bits per heavy atom. The highest BCUT2D eigenvalue weighted by atomic mass is 35.5. The first kappa shape index (κ1) is 19.2. The second-order valence-corrected chi connectivity index (χ2v) is 8.17. The first-order chi connectivity index (χ1) is 11.3.